The molecule has 2 rings (SSSR count). The fourth-order valence-electron chi connectivity index (χ4n) is 1.95. The van der Waals surface area contributed by atoms with E-state index in [-0.39, 0.29) is 6.04 Å². The van der Waals surface area contributed by atoms with Gasteiger partial charge in [0.25, 0.3) is 0 Å². The Hall–Kier alpha value is -1.75. The maximum atomic E-state index is 6.17. The van der Waals surface area contributed by atoms with Crippen LogP contribution in [0.1, 0.15) is 28.6 Å². The Balaban J connectivity index is 2.17. The zero-order chi connectivity index (χ0) is 12.4. The van der Waals surface area contributed by atoms with Crippen LogP contribution in [0, 0.1) is 13.8 Å². The quantitative estimate of drug-likeness (QED) is 0.857. The number of rotatable bonds is 3. The molecule has 0 fully saturated rings. The van der Waals surface area contributed by atoms with Crippen LogP contribution in [0.5, 0.6) is 0 Å². The van der Waals surface area contributed by atoms with Crippen molar-refractivity contribution in [3.05, 3.63) is 40.7 Å². The largest absolute Gasteiger partial charge is 0.324 e. The lowest BCUT2D eigenvalue weighted by atomic mass is 9.98. The van der Waals surface area contributed by atoms with Crippen LogP contribution in [0.15, 0.2) is 18.2 Å². The summed E-state index contributed by atoms with van der Waals surface area (Å²) in [6.45, 7) is 4.15. The van der Waals surface area contributed by atoms with Crippen molar-refractivity contribution in [3.63, 3.8) is 0 Å². The Bertz CT molecular complexity index is 517. The predicted octanol–water partition coefficient (Wildman–Crippen LogP) is 1.07. The van der Waals surface area contributed by atoms with Crippen molar-refractivity contribution in [3.8, 4) is 0 Å². The van der Waals surface area contributed by atoms with E-state index >= 15 is 0 Å². The lowest BCUT2D eigenvalue weighted by molar-refractivity contribution is 0.622. The second-order valence-electron chi connectivity index (χ2n) is 4.37. The summed E-state index contributed by atoms with van der Waals surface area (Å²) in [5.74, 6) is 0.681. The maximum Gasteiger partial charge on any atom is 0.176 e. The molecule has 0 aliphatic heterocycles. The summed E-state index contributed by atoms with van der Waals surface area (Å²) in [6, 6.07) is 6.21. The molecule has 1 unspecified atom stereocenters. The highest BCUT2D eigenvalue weighted by Crippen LogP contribution is 2.19. The molecule has 1 aromatic carbocycles. The standard InChI is InChI=1S/C12H17N5/c1-8-4-5-10(9(2)6-8)11(13)7-12-14-16-17(3)15-12/h4-6,11H,7,13H2,1-3H3. The number of hydrogen-bond donors (Lipinski definition) is 1. The molecule has 17 heavy (non-hydrogen) atoms. The highest BCUT2D eigenvalue weighted by atomic mass is 15.6. The van der Waals surface area contributed by atoms with Crippen LogP contribution in [-0.2, 0) is 13.5 Å². The molecular formula is C12H17N5. The fourth-order valence-corrected chi connectivity index (χ4v) is 1.95. The molecular weight excluding hydrogens is 214 g/mol. The average molecular weight is 231 g/mol. The smallest absolute Gasteiger partial charge is 0.176 e. The van der Waals surface area contributed by atoms with E-state index in [4.69, 9.17) is 5.73 Å². The Labute approximate surface area is 101 Å². The summed E-state index contributed by atoms with van der Waals surface area (Å²) in [5, 5.41) is 11.9. The van der Waals surface area contributed by atoms with E-state index in [1.165, 1.54) is 15.9 Å². The third kappa shape index (κ3) is 2.68. The zero-order valence-corrected chi connectivity index (χ0v) is 10.4. The van der Waals surface area contributed by atoms with Gasteiger partial charge in [0.15, 0.2) is 5.82 Å². The highest BCUT2D eigenvalue weighted by molar-refractivity contribution is 5.32. The first kappa shape index (κ1) is 11.7. The number of nitrogens with zero attached hydrogens (tertiary/aromatic N) is 4. The minimum Gasteiger partial charge on any atom is -0.324 e. The number of benzene rings is 1. The normalized spacial score (nSPS) is 12.7. The number of nitrogens with two attached hydrogens (primary N) is 1. The van der Waals surface area contributed by atoms with Crippen molar-refractivity contribution in [2.45, 2.75) is 26.3 Å². The number of hydrogen-bond acceptors (Lipinski definition) is 4. The molecule has 1 aromatic heterocycles. The van der Waals surface area contributed by atoms with Gasteiger partial charge in [0.1, 0.15) is 0 Å². The van der Waals surface area contributed by atoms with Gasteiger partial charge in [0.2, 0.25) is 0 Å². The number of tetrazole rings is 1. The number of aromatic nitrogens is 4. The minimum atomic E-state index is -0.0835. The molecule has 0 aliphatic rings. The van der Waals surface area contributed by atoms with Crippen molar-refractivity contribution < 1.29 is 0 Å². The van der Waals surface area contributed by atoms with Crippen LogP contribution in [-0.4, -0.2) is 20.2 Å². The molecule has 0 aliphatic carbocycles. The molecule has 0 saturated carbocycles. The van der Waals surface area contributed by atoms with Crippen molar-refractivity contribution in [2.75, 3.05) is 0 Å². The van der Waals surface area contributed by atoms with Crippen LogP contribution >= 0.6 is 0 Å². The average Bonchev–Trinajstić information content (AvgIpc) is 2.63. The molecule has 0 spiro atoms. The van der Waals surface area contributed by atoms with Gasteiger partial charge in [-0.1, -0.05) is 23.8 Å². The first-order chi connectivity index (χ1) is 8.06. The molecule has 2 aromatic rings. The SMILES string of the molecule is Cc1ccc(C(N)Cc2nnn(C)n2)c(C)c1. The Kier molecular flexibility index (Phi) is 3.19. The van der Waals surface area contributed by atoms with Gasteiger partial charge in [0.05, 0.1) is 7.05 Å². The van der Waals surface area contributed by atoms with Crippen LogP contribution < -0.4 is 5.73 Å². The van der Waals surface area contributed by atoms with E-state index in [9.17, 15) is 0 Å². The first-order valence-electron chi connectivity index (χ1n) is 5.62. The summed E-state index contributed by atoms with van der Waals surface area (Å²) in [5.41, 5.74) is 9.77. The van der Waals surface area contributed by atoms with Crippen molar-refractivity contribution in [2.24, 2.45) is 12.8 Å². The second kappa shape index (κ2) is 4.63. The van der Waals surface area contributed by atoms with Gasteiger partial charge in [-0.2, -0.15) is 4.80 Å². The van der Waals surface area contributed by atoms with Gasteiger partial charge >= 0.3 is 0 Å². The van der Waals surface area contributed by atoms with Crippen LogP contribution in [0.4, 0.5) is 0 Å². The monoisotopic (exact) mass is 231 g/mol. The highest BCUT2D eigenvalue weighted by Gasteiger charge is 2.12. The van der Waals surface area contributed by atoms with Gasteiger partial charge in [-0.25, -0.2) is 0 Å². The van der Waals surface area contributed by atoms with Crippen LogP contribution in [0.25, 0.3) is 0 Å². The van der Waals surface area contributed by atoms with Crippen LogP contribution in [0.2, 0.25) is 0 Å². The molecule has 1 atom stereocenters. The van der Waals surface area contributed by atoms with Gasteiger partial charge < -0.3 is 5.73 Å². The van der Waals surface area contributed by atoms with E-state index in [2.05, 4.69) is 47.5 Å². The van der Waals surface area contributed by atoms with Crippen molar-refractivity contribution in [1.82, 2.24) is 20.2 Å². The first-order valence-corrected chi connectivity index (χ1v) is 5.62. The van der Waals surface area contributed by atoms with Crippen molar-refractivity contribution in [1.29, 1.82) is 0 Å². The van der Waals surface area contributed by atoms with Gasteiger partial charge in [0, 0.05) is 12.5 Å². The summed E-state index contributed by atoms with van der Waals surface area (Å²) in [4.78, 5) is 1.45. The second-order valence-corrected chi connectivity index (χ2v) is 4.37. The molecule has 5 heteroatoms. The fraction of sp³-hybridized carbons (Fsp3) is 0.417. The Morgan fingerprint density at radius 3 is 2.71 bits per heavy atom. The summed E-state index contributed by atoms with van der Waals surface area (Å²) in [6.07, 6.45) is 0.609. The lowest BCUT2D eigenvalue weighted by Crippen LogP contribution is -2.15. The molecule has 5 nitrogen and oxygen atoms in total. The van der Waals surface area contributed by atoms with E-state index in [0.717, 1.165) is 5.56 Å². The summed E-state index contributed by atoms with van der Waals surface area (Å²) < 4.78 is 0. The molecule has 0 radical (unpaired) electrons. The molecule has 0 saturated heterocycles. The minimum absolute atomic E-state index is 0.0835. The van der Waals surface area contributed by atoms with E-state index in [1.54, 1.807) is 7.05 Å². The lowest BCUT2D eigenvalue weighted by Gasteiger charge is -2.13. The van der Waals surface area contributed by atoms with Crippen molar-refractivity contribution >= 4 is 0 Å². The van der Waals surface area contributed by atoms with E-state index in [1.807, 2.05) is 0 Å². The zero-order valence-electron chi connectivity index (χ0n) is 10.4. The Morgan fingerprint density at radius 1 is 1.35 bits per heavy atom. The van der Waals surface area contributed by atoms with Gasteiger partial charge in [-0.3, -0.25) is 0 Å². The maximum absolute atomic E-state index is 6.17. The van der Waals surface area contributed by atoms with E-state index < -0.39 is 0 Å². The topological polar surface area (TPSA) is 69.6 Å². The summed E-state index contributed by atoms with van der Waals surface area (Å²) >= 11 is 0. The van der Waals surface area contributed by atoms with Gasteiger partial charge in [-0.05, 0) is 30.2 Å². The molecule has 1 heterocycles. The Morgan fingerprint density at radius 2 is 2.12 bits per heavy atom. The third-order valence-corrected chi connectivity index (χ3v) is 2.78. The third-order valence-electron chi connectivity index (χ3n) is 2.78. The molecule has 2 N–H and O–H groups in total. The predicted molar refractivity (Wildman–Crippen MR) is 65.3 cm³/mol. The molecule has 90 valence electrons. The van der Waals surface area contributed by atoms with E-state index in [0.29, 0.717) is 12.2 Å². The summed E-state index contributed by atoms with van der Waals surface area (Å²) in [7, 11) is 1.75. The van der Waals surface area contributed by atoms with Crippen LogP contribution in [0.3, 0.4) is 0 Å². The molecule has 0 amide bonds. The number of aryl methyl sites for hydroxylation is 3. The van der Waals surface area contributed by atoms with Gasteiger partial charge in [-0.15, -0.1) is 10.2 Å². The molecule has 0 bridgehead atoms.